The summed E-state index contributed by atoms with van der Waals surface area (Å²) in [6, 6.07) is 0. The third-order valence-electron chi connectivity index (χ3n) is 5.02. The largest absolute Gasteiger partial charge is 0.498 e. The van der Waals surface area contributed by atoms with Crippen LogP contribution in [-0.4, -0.2) is 55.0 Å². The number of hydrogen-bond donors (Lipinski definition) is 1. The quantitative estimate of drug-likeness (QED) is 0.0802. The van der Waals surface area contributed by atoms with Gasteiger partial charge in [0.25, 0.3) is 0 Å². The predicted molar refractivity (Wildman–Crippen MR) is 186 cm³/mol. The van der Waals surface area contributed by atoms with Gasteiger partial charge in [-0.25, -0.2) is 0 Å². The topological polar surface area (TPSA) is 38.7 Å². The molecule has 0 radical (unpaired) electrons. The van der Waals surface area contributed by atoms with Crippen LogP contribution in [0.5, 0.6) is 0 Å². The number of ether oxygens (including phenoxy) is 2. The summed E-state index contributed by atoms with van der Waals surface area (Å²) in [4.78, 5) is 0. The first-order chi connectivity index (χ1) is 18.3. The van der Waals surface area contributed by atoms with Crippen molar-refractivity contribution >= 4 is 33.3 Å². The number of aliphatic hydroxyl groups excluding tert-OH is 1. The Morgan fingerprint density at radius 3 is 1.76 bits per heavy atom. The van der Waals surface area contributed by atoms with Crippen molar-refractivity contribution in [3.8, 4) is 0 Å². The molecule has 0 rings (SSSR count). The normalized spacial score (nSPS) is 11.3. The second kappa shape index (κ2) is 47.3. The van der Waals surface area contributed by atoms with E-state index < -0.39 is 0 Å². The molecule has 0 bridgehead atoms. The van der Waals surface area contributed by atoms with Crippen LogP contribution in [0.2, 0.25) is 0 Å². The fraction of sp³-hybridized carbons (Fsp3) is 0.938. The lowest BCUT2D eigenvalue weighted by atomic mass is 10.0. The molecule has 2 unspecified atom stereocenters. The summed E-state index contributed by atoms with van der Waals surface area (Å²) < 4.78 is 11.7. The summed E-state index contributed by atoms with van der Waals surface area (Å²) >= 11 is 1.86. The summed E-state index contributed by atoms with van der Waals surface area (Å²) in [5.41, 5.74) is 0. The van der Waals surface area contributed by atoms with Crippen LogP contribution < -0.4 is 0 Å². The number of hydrogen-bond acceptors (Lipinski definition) is 6. The van der Waals surface area contributed by atoms with Crippen LogP contribution in [0.3, 0.4) is 0 Å². The molecule has 2 atom stereocenters. The van der Waals surface area contributed by atoms with Gasteiger partial charge in [0.05, 0.1) is 18.5 Å². The minimum absolute atomic E-state index is 0.278. The zero-order valence-corrected chi connectivity index (χ0v) is 30.5. The third-order valence-corrected chi connectivity index (χ3v) is 7.92. The average Bonchev–Trinajstić information content (AvgIpc) is 2.91. The molecule has 38 heavy (non-hydrogen) atoms. The first-order valence-electron chi connectivity index (χ1n) is 15.3. The summed E-state index contributed by atoms with van der Waals surface area (Å²) in [7, 11) is 4.86. The Morgan fingerprint density at radius 2 is 1.26 bits per heavy atom. The molecule has 236 valence electrons. The molecule has 0 saturated carbocycles. The van der Waals surface area contributed by atoms with Gasteiger partial charge in [0, 0.05) is 31.8 Å². The van der Waals surface area contributed by atoms with E-state index in [9.17, 15) is 0 Å². The van der Waals surface area contributed by atoms with E-state index in [1.165, 1.54) is 70.0 Å². The Bertz CT molecular complexity index is 381. The first kappa shape index (κ1) is 48.3. The van der Waals surface area contributed by atoms with Crippen LogP contribution in [-0.2, 0) is 9.47 Å². The van der Waals surface area contributed by atoms with Crippen molar-refractivity contribution in [3.05, 3.63) is 12.3 Å². The molecule has 0 amide bonds. The standard InChI is InChI=1S/C23H46O2S2.C3H8S.C3H8.C2H6.CH4O/c1-20(2)14-10-7-8-11-15-21(3)25-19-17-22(4)24-18-13-9-12-16-23(5)27-26-6;1-3-4-2;1-3-2;2*1-2/h20,22-23H,3,7-19H2,1-2,4-6H3;3H2,1-2H3;3H2,1-2H3;1-2H3;2H,1H3. The van der Waals surface area contributed by atoms with Crippen molar-refractivity contribution < 1.29 is 14.6 Å². The number of unbranched alkanes of at least 4 members (excludes halogenated alkanes) is 5. The lowest BCUT2D eigenvalue weighted by Gasteiger charge is -2.15. The van der Waals surface area contributed by atoms with Crippen molar-refractivity contribution in [1.82, 2.24) is 0 Å². The summed E-state index contributed by atoms with van der Waals surface area (Å²) in [6.45, 7) is 25.1. The van der Waals surface area contributed by atoms with Crippen molar-refractivity contribution in [3.63, 3.8) is 0 Å². The predicted octanol–water partition coefficient (Wildman–Crippen LogP) is 11.7. The molecule has 0 aromatic heterocycles. The Hall–Kier alpha value is 0.510. The van der Waals surface area contributed by atoms with Crippen LogP contribution in [0.4, 0.5) is 0 Å². The fourth-order valence-corrected chi connectivity index (χ4v) is 4.83. The minimum Gasteiger partial charge on any atom is -0.498 e. The SMILES string of the molecule is C=C(CCCCCCC(C)C)OCCC(C)OCCCCCC(C)SSC.CC.CCC.CCSC.CO. The van der Waals surface area contributed by atoms with Crippen molar-refractivity contribution in [2.24, 2.45) is 5.92 Å². The molecule has 0 heterocycles. The summed E-state index contributed by atoms with van der Waals surface area (Å²) in [5.74, 6) is 3.02. The second-order valence-corrected chi connectivity index (χ2v) is 13.5. The molecular formula is C32H72O3S3. The Kier molecular flexibility index (Phi) is 60.1. The third kappa shape index (κ3) is 56.6. The summed E-state index contributed by atoms with van der Waals surface area (Å²) in [5, 5.41) is 7.77. The van der Waals surface area contributed by atoms with E-state index in [1.54, 1.807) is 0 Å². The molecule has 0 aliphatic heterocycles. The second-order valence-electron chi connectivity index (χ2n) is 9.41. The monoisotopic (exact) mass is 600 g/mol. The van der Waals surface area contributed by atoms with Gasteiger partial charge in [0.15, 0.2) is 0 Å². The van der Waals surface area contributed by atoms with E-state index in [0.717, 1.165) is 50.1 Å². The van der Waals surface area contributed by atoms with Crippen molar-refractivity contribution in [2.75, 3.05) is 38.6 Å². The van der Waals surface area contributed by atoms with E-state index in [1.807, 2.05) is 47.2 Å². The minimum atomic E-state index is 0.278. The molecule has 0 aromatic rings. The zero-order valence-electron chi connectivity index (χ0n) is 28.0. The molecule has 0 aromatic carbocycles. The molecule has 6 heteroatoms. The van der Waals surface area contributed by atoms with Crippen molar-refractivity contribution in [2.45, 2.75) is 151 Å². The van der Waals surface area contributed by atoms with Gasteiger partial charge in [0.2, 0.25) is 0 Å². The highest BCUT2D eigenvalue weighted by atomic mass is 33.1. The van der Waals surface area contributed by atoms with Crippen LogP contribution >= 0.6 is 33.3 Å². The Morgan fingerprint density at radius 1 is 0.763 bits per heavy atom. The molecule has 0 fully saturated rings. The van der Waals surface area contributed by atoms with Crippen LogP contribution in [0.25, 0.3) is 0 Å². The van der Waals surface area contributed by atoms with Gasteiger partial charge in [-0.15, -0.1) is 0 Å². The fourth-order valence-electron chi connectivity index (χ4n) is 2.96. The van der Waals surface area contributed by atoms with Crippen molar-refractivity contribution in [1.29, 1.82) is 0 Å². The smallest absolute Gasteiger partial charge is 0.0901 e. The van der Waals surface area contributed by atoms with E-state index in [2.05, 4.69) is 67.6 Å². The number of allylic oxidation sites excluding steroid dienone is 1. The number of aliphatic hydroxyl groups is 1. The molecule has 3 nitrogen and oxygen atoms in total. The van der Waals surface area contributed by atoms with Gasteiger partial charge >= 0.3 is 0 Å². The van der Waals surface area contributed by atoms with Crippen LogP contribution in [0, 0.1) is 5.92 Å². The Labute approximate surface area is 254 Å². The summed E-state index contributed by atoms with van der Waals surface area (Å²) in [6.07, 6.45) is 19.4. The van der Waals surface area contributed by atoms with E-state index in [4.69, 9.17) is 14.6 Å². The van der Waals surface area contributed by atoms with Gasteiger partial charge in [-0.2, -0.15) is 11.8 Å². The highest BCUT2D eigenvalue weighted by Crippen LogP contribution is 2.26. The van der Waals surface area contributed by atoms with Crippen LogP contribution in [0.1, 0.15) is 139 Å². The molecule has 0 saturated heterocycles. The van der Waals surface area contributed by atoms with E-state index in [0.29, 0.717) is 0 Å². The highest BCUT2D eigenvalue weighted by Gasteiger charge is 2.05. The van der Waals surface area contributed by atoms with Gasteiger partial charge < -0.3 is 14.6 Å². The molecule has 1 N–H and O–H groups in total. The lowest BCUT2D eigenvalue weighted by molar-refractivity contribution is 0.0399. The van der Waals surface area contributed by atoms with Gasteiger partial charge in [0.1, 0.15) is 0 Å². The van der Waals surface area contributed by atoms with Gasteiger partial charge in [-0.3, -0.25) is 0 Å². The zero-order chi connectivity index (χ0) is 30.5. The number of rotatable bonds is 21. The Balaban J connectivity index is -0.000000282. The lowest BCUT2D eigenvalue weighted by Crippen LogP contribution is -2.12. The molecule has 0 aliphatic carbocycles. The van der Waals surface area contributed by atoms with E-state index in [-0.39, 0.29) is 6.10 Å². The van der Waals surface area contributed by atoms with Gasteiger partial charge in [-0.05, 0) is 50.4 Å². The molecular weight excluding hydrogens is 529 g/mol. The number of thioether (sulfide) groups is 1. The molecule has 0 spiro atoms. The maximum absolute atomic E-state index is 7.00. The molecule has 0 aliphatic rings. The van der Waals surface area contributed by atoms with E-state index >= 15 is 0 Å². The maximum Gasteiger partial charge on any atom is 0.0901 e. The highest BCUT2D eigenvalue weighted by molar-refractivity contribution is 8.76. The van der Waals surface area contributed by atoms with Gasteiger partial charge in [-0.1, -0.05) is 129 Å². The average molecular weight is 601 g/mol. The first-order valence-corrected chi connectivity index (χ1v) is 19.3. The maximum atomic E-state index is 7.00. The van der Waals surface area contributed by atoms with Crippen LogP contribution in [0.15, 0.2) is 12.3 Å².